The van der Waals surface area contributed by atoms with E-state index in [9.17, 15) is 13.2 Å². The summed E-state index contributed by atoms with van der Waals surface area (Å²) in [5, 5.41) is 7.99. The molecule has 1 unspecified atom stereocenters. The summed E-state index contributed by atoms with van der Waals surface area (Å²) in [4.78, 5) is 10.2. The Labute approximate surface area is 174 Å². The van der Waals surface area contributed by atoms with E-state index in [-0.39, 0.29) is 6.04 Å². The van der Waals surface area contributed by atoms with Crippen molar-refractivity contribution < 1.29 is 13.2 Å². The van der Waals surface area contributed by atoms with Crippen molar-refractivity contribution >= 4 is 17.3 Å². The number of hydrogen-bond acceptors (Lipinski definition) is 4. The number of nitrogens with zero attached hydrogens (tertiary/aromatic N) is 3. The van der Waals surface area contributed by atoms with Crippen LogP contribution in [0.5, 0.6) is 0 Å². The molecule has 0 spiro atoms. The summed E-state index contributed by atoms with van der Waals surface area (Å²) in [6.45, 7) is 7.24. The highest BCUT2D eigenvalue weighted by atomic mass is 32.1. The monoisotopic (exact) mass is 427 g/mol. The number of likely N-dealkylation sites (N-methyl/N-ethyl adjacent to an activating group) is 1. The van der Waals surface area contributed by atoms with E-state index in [1.807, 2.05) is 18.2 Å². The van der Waals surface area contributed by atoms with Crippen molar-refractivity contribution in [3.8, 4) is 0 Å². The van der Waals surface area contributed by atoms with Gasteiger partial charge < -0.3 is 10.6 Å². The van der Waals surface area contributed by atoms with Crippen LogP contribution in [0.2, 0.25) is 0 Å². The molecule has 0 amide bonds. The van der Waals surface area contributed by atoms with Crippen LogP contribution in [-0.4, -0.2) is 49.1 Å². The van der Waals surface area contributed by atoms with Crippen LogP contribution >= 0.6 is 11.3 Å². The van der Waals surface area contributed by atoms with Gasteiger partial charge in [-0.05, 0) is 18.7 Å². The molecule has 29 heavy (non-hydrogen) atoms. The van der Waals surface area contributed by atoms with Crippen molar-refractivity contribution in [3.05, 3.63) is 52.0 Å². The lowest BCUT2D eigenvalue weighted by Crippen LogP contribution is -2.43. The van der Waals surface area contributed by atoms with Crippen LogP contribution in [-0.2, 0) is 12.6 Å². The highest BCUT2D eigenvalue weighted by molar-refractivity contribution is 7.09. The summed E-state index contributed by atoms with van der Waals surface area (Å²) < 4.78 is 37.9. The topological polar surface area (TPSA) is 52.5 Å². The van der Waals surface area contributed by atoms with E-state index in [2.05, 4.69) is 51.5 Å². The number of aromatic nitrogens is 1. The molecule has 160 valence electrons. The summed E-state index contributed by atoms with van der Waals surface area (Å²) in [6, 6.07) is 10.5. The summed E-state index contributed by atoms with van der Waals surface area (Å²) in [5.41, 5.74) is 0.395. The van der Waals surface area contributed by atoms with Gasteiger partial charge in [0.05, 0.1) is 11.0 Å². The molecule has 2 rings (SSSR count). The second kappa shape index (κ2) is 11.2. The van der Waals surface area contributed by atoms with E-state index in [0.29, 0.717) is 30.5 Å². The van der Waals surface area contributed by atoms with Gasteiger partial charge in [-0.25, -0.2) is 4.98 Å². The van der Waals surface area contributed by atoms with Crippen molar-refractivity contribution in [3.63, 3.8) is 0 Å². The Morgan fingerprint density at radius 3 is 2.41 bits per heavy atom. The molecule has 2 aromatic rings. The molecule has 9 heteroatoms. The number of hydrogen-bond donors (Lipinski definition) is 2. The Balaban J connectivity index is 1.90. The second-order valence-electron chi connectivity index (χ2n) is 6.40. The fraction of sp³-hybridized carbons (Fsp3) is 0.500. The molecule has 1 heterocycles. The first-order valence-electron chi connectivity index (χ1n) is 9.64. The Bertz CT molecular complexity index is 757. The van der Waals surface area contributed by atoms with E-state index in [4.69, 9.17) is 0 Å². The fourth-order valence-electron chi connectivity index (χ4n) is 3.06. The molecule has 1 atom stereocenters. The molecule has 0 fully saturated rings. The van der Waals surface area contributed by atoms with Gasteiger partial charge in [0.25, 0.3) is 0 Å². The number of thiazole rings is 1. The number of guanidine groups is 1. The van der Waals surface area contributed by atoms with E-state index >= 15 is 0 Å². The zero-order valence-corrected chi connectivity index (χ0v) is 17.8. The lowest BCUT2D eigenvalue weighted by Gasteiger charge is -2.30. The van der Waals surface area contributed by atoms with E-state index in [1.165, 1.54) is 5.56 Å². The van der Waals surface area contributed by atoms with Gasteiger partial charge in [0.15, 0.2) is 11.7 Å². The Morgan fingerprint density at radius 1 is 1.17 bits per heavy atom. The average Bonchev–Trinajstić information content (AvgIpc) is 3.20. The van der Waals surface area contributed by atoms with Gasteiger partial charge >= 0.3 is 6.18 Å². The molecule has 0 radical (unpaired) electrons. The smallest absolute Gasteiger partial charge is 0.356 e. The van der Waals surface area contributed by atoms with Gasteiger partial charge in [0.2, 0.25) is 0 Å². The van der Waals surface area contributed by atoms with Crippen LogP contribution in [0.3, 0.4) is 0 Å². The minimum Gasteiger partial charge on any atom is -0.356 e. The van der Waals surface area contributed by atoms with Gasteiger partial charge in [0, 0.05) is 31.9 Å². The molecule has 0 aliphatic carbocycles. The van der Waals surface area contributed by atoms with Crippen LogP contribution in [0.25, 0.3) is 0 Å². The third-order valence-corrected chi connectivity index (χ3v) is 5.51. The number of rotatable bonds is 9. The maximum absolute atomic E-state index is 12.6. The lowest BCUT2D eigenvalue weighted by atomic mass is 10.1. The van der Waals surface area contributed by atoms with Gasteiger partial charge in [-0.2, -0.15) is 13.2 Å². The van der Waals surface area contributed by atoms with Gasteiger partial charge in [-0.15, -0.1) is 11.3 Å². The molecule has 0 aliphatic rings. The lowest BCUT2D eigenvalue weighted by molar-refractivity contribution is -0.140. The second-order valence-corrected chi connectivity index (χ2v) is 7.34. The summed E-state index contributed by atoms with van der Waals surface area (Å²) >= 11 is 1.02. The van der Waals surface area contributed by atoms with Crippen molar-refractivity contribution in [2.45, 2.75) is 32.5 Å². The Morgan fingerprint density at radius 2 is 1.86 bits per heavy atom. The van der Waals surface area contributed by atoms with E-state index in [1.54, 1.807) is 7.05 Å². The third kappa shape index (κ3) is 7.01. The molecule has 2 N–H and O–H groups in total. The number of alkyl halides is 3. The number of benzene rings is 1. The Hall–Kier alpha value is -2.13. The van der Waals surface area contributed by atoms with Crippen LogP contribution in [0, 0.1) is 0 Å². The highest BCUT2D eigenvalue weighted by Gasteiger charge is 2.33. The number of nitrogens with one attached hydrogen (secondary N) is 2. The minimum atomic E-state index is -4.39. The first-order chi connectivity index (χ1) is 13.9. The summed E-state index contributed by atoms with van der Waals surface area (Å²) in [6.07, 6.45) is -3.99. The van der Waals surface area contributed by atoms with E-state index in [0.717, 1.165) is 29.8 Å². The summed E-state index contributed by atoms with van der Waals surface area (Å²) in [7, 11) is 1.68. The normalized spacial score (nSPS) is 13.6. The molecule has 1 aromatic carbocycles. The van der Waals surface area contributed by atoms with E-state index < -0.39 is 11.9 Å². The van der Waals surface area contributed by atoms with Gasteiger partial charge in [0.1, 0.15) is 0 Å². The molecule has 0 saturated heterocycles. The van der Waals surface area contributed by atoms with Crippen molar-refractivity contribution in [1.29, 1.82) is 0 Å². The van der Waals surface area contributed by atoms with Crippen LogP contribution in [0.4, 0.5) is 13.2 Å². The predicted molar refractivity (Wildman–Crippen MR) is 112 cm³/mol. The maximum atomic E-state index is 12.6. The standard InChI is InChI=1S/C20H28F3N5S/c1-4-28(5-2)16(15-9-7-6-8-10-15)13-26-19(24-3)25-12-11-18-27-17(14-29-18)20(21,22)23/h6-10,14,16H,4-5,11-13H2,1-3H3,(H2,24,25,26). The molecular formula is C20H28F3N5S. The number of aliphatic imine (C=N–C) groups is 1. The van der Waals surface area contributed by atoms with Crippen molar-refractivity contribution in [1.82, 2.24) is 20.5 Å². The highest BCUT2D eigenvalue weighted by Crippen LogP contribution is 2.30. The summed E-state index contributed by atoms with van der Waals surface area (Å²) in [5.74, 6) is 0.616. The van der Waals surface area contributed by atoms with Gasteiger partial charge in [-0.1, -0.05) is 44.2 Å². The first kappa shape index (κ1) is 23.2. The predicted octanol–water partition coefficient (Wildman–Crippen LogP) is 3.95. The minimum absolute atomic E-state index is 0.193. The molecule has 5 nitrogen and oxygen atoms in total. The molecule has 0 bridgehead atoms. The largest absolute Gasteiger partial charge is 0.434 e. The zero-order valence-electron chi connectivity index (χ0n) is 17.0. The quantitative estimate of drug-likeness (QED) is 0.470. The SMILES string of the molecule is CCN(CC)C(CNC(=NC)NCCc1nc(C(F)(F)F)cs1)c1ccccc1. The van der Waals surface area contributed by atoms with Crippen molar-refractivity contribution in [2.24, 2.45) is 4.99 Å². The molecule has 0 saturated carbocycles. The first-order valence-corrected chi connectivity index (χ1v) is 10.5. The van der Waals surface area contributed by atoms with Crippen LogP contribution < -0.4 is 10.6 Å². The van der Waals surface area contributed by atoms with Gasteiger partial charge in [-0.3, -0.25) is 9.89 Å². The molecule has 1 aromatic heterocycles. The zero-order chi connectivity index (χ0) is 21.3. The average molecular weight is 428 g/mol. The molecular weight excluding hydrogens is 399 g/mol. The Kier molecular flexibility index (Phi) is 8.91. The maximum Gasteiger partial charge on any atom is 0.434 e. The fourth-order valence-corrected chi connectivity index (χ4v) is 3.86. The van der Waals surface area contributed by atoms with Crippen LogP contribution in [0.15, 0.2) is 40.7 Å². The van der Waals surface area contributed by atoms with Crippen LogP contribution in [0.1, 0.15) is 36.2 Å². The third-order valence-electron chi connectivity index (χ3n) is 4.60. The molecule has 0 aliphatic heterocycles. The number of halogens is 3. The van der Waals surface area contributed by atoms with Crippen molar-refractivity contribution in [2.75, 3.05) is 33.2 Å².